The molecule has 0 radical (unpaired) electrons. The van der Waals surface area contributed by atoms with Crippen molar-refractivity contribution in [3.8, 4) is 17.2 Å². The fraction of sp³-hybridized carbons (Fsp3) is 0.381. The molecule has 0 aromatic heterocycles. The van der Waals surface area contributed by atoms with Crippen LogP contribution in [0.5, 0.6) is 17.2 Å². The van der Waals surface area contributed by atoms with Crippen molar-refractivity contribution in [2.45, 2.75) is 33.5 Å². The van der Waals surface area contributed by atoms with Gasteiger partial charge in [0.05, 0.1) is 25.4 Å². The van der Waals surface area contributed by atoms with Crippen molar-refractivity contribution in [3.63, 3.8) is 0 Å². The van der Waals surface area contributed by atoms with Gasteiger partial charge in [0.2, 0.25) is 5.75 Å². The molecule has 0 saturated carbocycles. The molecule has 0 unspecified atom stereocenters. The minimum absolute atomic E-state index is 0.0191. The van der Waals surface area contributed by atoms with Crippen molar-refractivity contribution in [1.29, 1.82) is 0 Å². The molecule has 0 bridgehead atoms. The Labute approximate surface area is 167 Å². The van der Waals surface area contributed by atoms with Gasteiger partial charge in [0.15, 0.2) is 11.5 Å². The van der Waals surface area contributed by atoms with Gasteiger partial charge in [0.1, 0.15) is 0 Å². The fourth-order valence-corrected chi connectivity index (χ4v) is 2.75. The molecule has 5 nitrogen and oxygen atoms in total. The van der Waals surface area contributed by atoms with Crippen LogP contribution in [0.4, 0.5) is 13.2 Å². The quantitative estimate of drug-likeness (QED) is 0.642. The van der Waals surface area contributed by atoms with Gasteiger partial charge in [-0.1, -0.05) is 18.2 Å². The van der Waals surface area contributed by atoms with E-state index in [0.29, 0.717) is 37.1 Å². The summed E-state index contributed by atoms with van der Waals surface area (Å²) in [6.07, 6.45) is -4.50. The predicted molar refractivity (Wildman–Crippen MR) is 103 cm³/mol. The van der Waals surface area contributed by atoms with Gasteiger partial charge in [-0.05, 0) is 44.5 Å². The molecule has 0 saturated heterocycles. The average molecular weight is 411 g/mol. The summed E-state index contributed by atoms with van der Waals surface area (Å²) in [5, 5.41) is 2.53. The first-order chi connectivity index (χ1) is 13.8. The molecule has 0 aliphatic rings. The zero-order chi connectivity index (χ0) is 21.4. The maximum atomic E-state index is 13.1. The van der Waals surface area contributed by atoms with Gasteiger partial charge in [-0.15, -0.1) is 0 Å². The molecule has 1 amide bonds. The predicted octanol–water partition coefficient (Wildman–Crippen LogP) is 4.83. The lowest BCUT2D eigenvalue weighted by atomic mass is 10.1. The second-order valence-electron chi connectivity index (χ2n) is 5.94. The van der Waals surface area contributed by atoms with Crippen molar-refractivity contribution in [2.24, 2.45) is 0 Å². The topological polar surface area (TPSA) is 56.8 Å². The van der Waals surface area contributed by atoms with E-state index in [0.717, 1.165) is 6.07 Å². The molecule has 0 aliphatic heterocycles. The lowest BCUT2D eigenvalue weighted by molar-refractivity contribution is -0.138. The first kappa shape index (κ1) is 22.4. The van der Waals surface area contributed by atoms with Crippen LogP contribution >= 0.6 is 0 Å². The Morgan fingerprint density at radius 3 is 2.00 bits per heavy atom. The van der Waals surface area contributed by atoms with Gasteiger partial charge in [-0.2, -0.15) is 13.2 Å². The van der Waals surface area contributed by atoms with Crippen molar-refractivity contribution >= 4 is 5.91 Å². The Bertz CT molecular complexity index is 810. The number of carbonyl (C=O) groups is 1. The van der Waals surface area contributed by atoms with Crippen molar-refractivity contribution in [1.82, 2.24) is 5.32 Å². The zero-order valence-corrected chi connectivity index (χ0v) is 16.6. The maximum absolute atomic E-state index is 13.1. The molecule has 2 aromatic carbocycles. The summed E-state index contributed by atoms with van der Waals surface area (Å²) in [5.41, 5.74) is -0.601. The number of hydrogen-bond acceptors (Lipinski definition) is 4. The smallest absolute Gasteiger partial charge is 0.416 e. The van der Waals surface area contributed by atoms with Crippen molar-refractivity contribution in [2.75, 3.05) is 19.8 Å². The van der Waals surface area contributed by atoms with Crippen LogP contribution in [0.15, 0.2) is 36.4 Å². The molecular weight excluding hydrogens is 387 g/mol. The molecule has 0 fully saturated rings. The largest absolute Gasteiger partial charge is 0.490 e. The van der Waals surface area contributed by atoms with Gasteiger partial charge in [-0.25, -0.2) is 0 Å². The second kappa shape index (κ2) is 10.0. The van der Waals surface area contributed by atoms with E-state index in [4.69, 9.17) is 14.2 Å². The molecule has 2 aromatic rings. The van der Waals surface area contributed by atoms with E-state index >= 15 is 0 Å². The summed E-state index contributed by atoms with van der Waals surface area (Å²) >= 11 is 0. The van der Waals surface area contributed by atoms with Gasteiger partial charge < -0.3 is 19.5 Å². The lowest BCUT2D eigenvalue weighted by Gasteiger charge is -2.17. The first-order valence-electron chi connectivity index (χ1n) is 9.31. The number of carbonyl (C=O) groups excluding carboxylic acids is 1. The average Bonchev–Trinajstić information content (AvgIpc) is 2.68. The fourth-order valence-electron chi connectivity index (χ4n) is 2.75. The van der Waals surface area contributed by atoms with E-state index in [-0.39, 0.29) is 17.7 Å². The standard InChI is InChI=1S/C21H24F3NO4/c1-4-27-17-11-15(12-18(28-5-2)19(17)29-6-3)20(26)25-13-14-9-7-8-10-16(14)21(22,23)24/h7-12H,4-6,13H2,1-3H3,(H,25,26). The third-order valence-corrected chi connectivity index (χ3v) is 3.93. The number of nitrogens with one attached hydrogen (secondary N) is 1. The van der Waals surface area contributed by atoms with Crippen LogP contribution in [0.1, 0.15) is 42.3 Å². The minimum atomic E-state index is -4.50. The van der Waals surface area contributed by atoms with Crippen LogP contribution in [0.2, 0.25) is 0 Å². The van der Waals surface area contributed by atoms with E-state index in [1.54, 1.807) is 13.8 Å². The molecule has 158 valence electrons. The van der Waals surface area contributed by atoms with E-state index in [2.05, 4.69) is 5.32 Å². The summed E-state index contributed by atoms with van der Waals surface area (Å²) in [7, 11) is 0. The highest BCUT2D eigenvalue weighted by Gasteiger charge is 2.32. The lowest BCUT2D eigenvalue weighted by Crippen LogP contribution is -2.24. The Balaban J connectivity index is 2.29. The molecule has 0 heterocycles. The van der Waals surface area contributed by atoms with E-state index in [1.807, 2.05) is 6.92 Å². The third kappa shape index (κ3) is 5.79. The molecule has 0 atom stereocenters. The van der Waals surface area contributed by atoms with Crippen molar-refractivity contribution < 1.29 is 32.2 Å². The molecule has 29 heavy (non-hydrogen) atoms. The number of hydrogen-bond donors (Lipinski definition) is 1. The number of benzene rings is 2. The van der Waals surface area contributed by atoms with Gasteiger partial charge in [0.25, 0.3) is 5.91 Å². The SMILES string of the molecule is CCOc1cc(C(=O)NCc2ccccc2C(F)(F)F)cc(OCC)c1OCC. The third-order valence-electron chi connectivity index (χ3n) is 3.93. The van der Waals surface area contributed by atoms with Crippen molar-refractivity contribution in [3.05, 3.63) is 53.1 Å². The van der Waals surface area contributed by atoms with Gasteiger partial charge >= 0.3 is 6.18 Å². The minimum Gasteiger partial charge on any atom is -0.490 e. The van der Waals surface area contributed by atoms with E-state index in [1.165, 1.54) is 30.3 Å². The Kier molecular flexibility index (Phi) is 7.75. The van der Waals surface area contributed by atoms with Gasteiger partial charge in [0, 0.05) is 12.1 Å². The van der Waals surface area contributed by atoms with Crippen LogP contribution in [0.3, 0.4) is 0 Å². The van der Waals surface area contributed by atoms with Crippen LogP contribution in [-0.2, 0) is 12.7 Å². The van der Waals surface area contributed by atoms with Crippen LogP contribution in [0.25, 0.3) is 0 Å². The second-order valence-corrected chi connectivity index (χ2v) is 5.94. The summed E-state index contributed by atoms with van der Waals surface area (Å²) in [6.45, 7) is 6.18. The molecular formula is C21H24F3NO4. The Morgan fingerprint density at radius 2 is 1.48 bits per heavy atom. The molecule has 2 rings (SSSR count). The molecule has 8 heteroatoms. The van der Waals surface area contributed by atoms with E-state index < -0.39 is 17.6 Å². The van der Waals surface area contributed by atoms with E-state index in [9.17, 15) is 18.0 Å². The monoisotopic (exact) mass is 411 g/mol. The highest BCUT2D eigenvalue weighted by atomic mass is 19.4. The highest BCUT2D eigenvalue weighted by molar-refractivity contribution is 5.95. The zero-order valence-electron chi connectivity index (χ0n) is 16.6. The summed E-state index contributed by atoms with van der Waals surface area (Å²) in [4.78, 5) is 12.6. The normalized spacial score (nSPS) is 11.1. The molecule has 1 N–H and O–H groups in total. The summed E-state index contributed by atoms with van der Waals surface area (Å²) in [6, 6.07) is 8.10. The number of alkyl halides is 3. The highest BCUT2D eigenvalue weighted by Crippen LogP contribution is 2.39. The molecule has 0 spiro atoms. The maximum Gasteiger partial charge on any atom is 0.416 e. The Hall–Kier alpha value is -2.90. The van der Waals surface area contributed by atoms with Gasteiger partial charge in [-0.3, -0.25) is 4.79 Å². The number of amides is 1. The number of halogens is 3. The first-order valence-corrected chi connectivity index (χ1v) is 9.31. The number of ether oxygens (including phenoxy) is 3. The van der Waals surface area contributed by atoms with Crippen LogP contribution in [0, 0.1) is 0 Å². The molecule has 0 aliphatic carbocycles. The number of rotatable bonds is 9. The summed E-state index contributed by atoms with van der Waals surface area (Å²) in [5.74, 6) is 0.504. The Morgan fingerprint density at radius 1 is 0.931 bits per heavy atom. The van der Waals surface area contributed by atoms with Crippen LogP contribution < -0.4 is 19.5 Å². The summed E-state index contributed by atoms with van der Waals surface area (Å²) < 4.78 is 56.1. The van der Waals surface area contributed by atoms with Crippen LogP contribution in [-0.4, -0.2) is 25.7 Å².